The molecule has 0 bridgehead atoms. The molecule has 0 spiro atoms. The molecule has 0 amide bonds. The van der Waals surface area contributed by atoms with E-state index in [0.29, 0.717) is 17.5 Å². The summed E-state index contributed by atoms with van der Waals surface area (Å²) in [7, 11) is 0. The van der Waals surface area contributed by atoms with E-state index < -0.39 is 0 Å². The number of benzene rings is 7. The van der Waals surface area contributed by atoms with Gasteiger partial charge in [0.1, 0.15) is 22.3 Å². The van der Waals surface area contributed by atoms with Gasteiger partial charge in [0, 0.05) is 38.2 Å². The number of nitrogens with zero attached hydrogens (tertiary/aromatic N) is 3. The van der Waals surface area contributed by atoms with E-state index in [2.05, 4.69) is 97.1 Å². The predicted molar refractivity (Wildman–Crippen MR) is 194 cm³/mol. The first-order chi connectivity index (χ1) is 23.7. The highest BCUT2D eigenvalue weighted by atomic mass is 16.3. The summed E-state index contributed by atoms with van der Waals surface area (Å²) >= 11 is 0. The van der Waals surface area contributed by atoms with Crippen molar-refractivity contribution in [3.63, 3.8) is 0 Å². The lowest BCUT2D eigenvalue weighted by atomic mass is 10.0. The maximum Gasteiger partial charge on any atom is 0.164 e. The third-order valence-corrected chi connectivity index (χ3v) is 9.12. The first-order valence-corrected chi connectivity index (χ1v) is 15.9. The summed E-state index contributed by atoms with van der Waals surface area (Å²) in [6.07, 6.45) is 0. The van der Waals surface area contributed by atoms with Crippen LogP contribution in [0.3, 0.4) is 0 Å². The maximum atomic E-state index is 6.38. The third-order valence-electron chi connectivity index (χ3n) is 9.12. The summed E-state index contributed by atoms with van der Waals surface area (Å²) in [5, 5.41) is 6.41. The Labute approximate surface area is 274 Å². The highest BCUT2D eigenvalue weighted by Gasteiger charge is 2.19. The molecule has 5 nitrogen and oxygen atoms in total. The van der Waals surface area contributed by atoms with E-state index in [1.807, 2.05) is 54.6 Å². The fourth-order valence-electron chi connectivity index (χ4n) is 6.77. The van der Waals surface area contributed by atoms with Crippen LogP contribution in [-0.2, 0) is 0 Å². The average molecular weight is 616 g/mol. The summed E-state index contributed by atoms with van der Waals surface area (Å²) < 4.78 is 12.6. The van der Waals surface area contributed by atoms with Crippen LogP contribution < -0.4 is 0 Å². The van der Waals surface area contributed by atoms with Crippen molar-refractivity contribution in [3.05, 3.63) is 152 Å². The number of hydrogen-bond donors (Lipinski definition) is 0. The zero-order chi connectivity index (χ0) is 31.6. The van der Waals surface area contributed by atoms with Crippen molar-refractivity contribution in [1.82, 2.24) is 15.0 Å². The van der Waals surface area contributed by atoms with Crippen LogP contribution in [0.25, 0.3) is 99.9 Å². The Morgan fingerprint density at radius 2 is 0.979 bits per heavy atom. The van der Waals surface area contributed by atoms with Crippen LogP contribution in [0, 0.1) is 0 Å². The van der Waals surface area contributed by atoms with E-state index in [4.69, 9.17) is 23.8 Å². The number of hydrogen-bond acceptors (Lipinski definition) is 5. The van der Waals surface area contributed by atoms with Crippen molar-refractivity contribution in [1.29, 1.82) is 0 Å². The van der Waals surface area contributed by atoms with Crippen LogP contribution in [0.1, 0.15) is 0 Å². The van der Waals surface area contributed by atoms with Gasteiger partial charge in [0.15, 0.2) is 17.5 Å². The fourth-order valence-corrected chi connectivity index (χ4v) is 6.77. The lowest BCUT2D eigenvalue weighted by Gasteiger charge is -2.10. The Morgan fingerprint density at radius 3 is 1.88 bits per heavy atom. The number of para-hydroxylation sites is 1. The molecule has 0 aliphatic heterocycles. The quantitative estimate of drug-likeness (QED) is 0.197. The van der Waals surface area contributed by atoms with E-state index >= 15 is 0 Å². The number of aromatic nitrogens is 3. The summed E-state index contributed by atoms with van der Waals surface area (Å²) in [4.78, 5) is 15.3. The van der Waals surface area contributed by atoms with Crippen LogP contribution in [0.2, 0.25) is 0 Å². The third kappa shape index (κ3) is 4.29. The SMILES string of the molecule is c1ccc(-c2ccc3oc4cccc(-c5nc(-c6ccc7ccccc7c6)nc(-c6ccc7c(c6)oc6ccccc67)n5)c4c3c2)cc1. The van der Waals surface area contributed by atoms with Crippen molar-refractivity contribution in [3.8, 4) is 45.3 Å². The Kier molecular flexibility index (Phi) is 5.81. The van der Waals surface area contributed by atoms with Crippen molar-refractivity contribution in [2.24, 2.45) is 0 Å². The monoisotopic (exact) mass is 615 g/mol. The zero-order valence-corrected chi connectivity index (χ0v) is 25.6. The van der Waals surface area contributed by atoms with Gasteiger partial charge in [-0.05, 0) is 64.4 Å². The van der Waals surface area contributed by atoms with E-state index in [0.717, 1.165) is 82.5 Å². The first-order valence-electron chi connectivity index (χ1n) is 15.9. The lowest BCUT2D eigenvalue weighted by molar-refractivity contribution is 0.668. The van der Waals surface area contributed by atoms with Gasteiger partial charge >= 0.3 is 0 Å². The van der Waals surface area contributed by atoms with E-state index in [1.165, 1.54) is 0 Å². The minimum absolute atomic E-state index is 0.570. The molecule has 3 aromatic heterocycles. The van der Waals surface area contributed by atoms with Gasteiger partial charge in [-0.1, -0.05) is 109 Å². The van der Waals surface area contributed by atoms with Crippen LogP contribution in [-0.4, -0.2) is 15.0 Å². The molecule has 0 N–H and O–H groups in total. The molecule has 7 aromatic carbocycles. The molecule has 0 aliphatic rings. The second kappa shape index (κ2) is 10.5. The Bertz CT molecular complexity index is 2850. The minimum Gasteiger partial charge on any atom is -0.456 e. The summed E-state index contributed by atoms with van der Waals surface area (Å²) in [5.74, 6) is 1.74. The standard InChI is InChI=1S/C43H25N3O2/c1-2-9-26(10-3-1)29-20-22-37-35(24-29)40-34(14-8-16-38(40)47-37)43-45-41(30-18-17-27-11-4-5-12-28(27)23-30)44-42(46-43)31-19-21-33-32-13-6-7-15-36(32)48-39(33)25-31/h1-25H. The molecule has 0 saturated carbocycles. The lowest BCUT2D eigenvalue weighted by Crippen LogP contribution is -2.00. The van der Waals surface area contributed by atoms with Crippen LogP contribution >= 0.6 is 0 Å². The largest absolute Gasteiger partial charge is 0.456 e. The molecule has 5 heteroatoms. The molecule has 10 rings (SSSR count). The van der Waals surface area contributed by atoms with Gasteiger partial charge in [0.25, 0.3) is 0 Å². The molecule has 0 saturated heterocycles. The van der Waals surface area contributed by atoms with Gasteiger partial charge in [0.2, 0.25) is 0 Å². The van der Waals surface area contributed by atoms with Crippen LogP contribution in [0.15, 0.2) is 160 Å². The highest BCUT2D eigenvalue weighted by Crippen LogP contribution is 2.39. The average Bonchev–Trinajstić information content (AvgIpc) is 3.72. The smallest absolute Gasteiger partial charge is 0.164 e. The minimum atomic E-state index is 0.570. The molecular weight excluding hydrogens is 590 g/mol. The van der Waals surface area contributed by atoms with Gasteiger partial charge in [-0.15, -0.1) is 0 Å². The molecule has 48 heavy (non-hydrogen) atoms. The molecular formula is C43H25N3O2. The van der Waals surface area contributed by atoms with E-state index in [-0.39, 0.29) is 0 Å². The first kappa shape index (κ1) is 26.6. The zero-order valence-electron chi connectivity index (χ0n) is 25.6. The van der Waals surface area contributed by atoms with E-state index in [9.17, 15) is 0 Å². The van der Waals surface area contributed by atoms with Crippen molar-refractivity contribution < 1.29 is 8.83 Å². The van der Waals surface area contributed by atoms with Crippen LogP contribution in [0.4, 0.5) is 0 Å². The number of furan rings is 2. The number of fused-ring (bicyclic) bond motifs is 7. The van der Waals surface area contributed by atoms with Gasteiger partial charge < -0.3 is 8.83 Å². The molecule has 0 fully saturated rings. The summed E-state index contributed by atoms with van der Waals surface area (Å²) in [5.41, 5.74) is 8.16. The molecule has 3 heterocycles. The topological polar surface area (TPSA) is 65.0 Å². The van der Waals surface area contributed by atoms with Crippen molar-refractivity contribution in [2.75, 3.05) is 0 Å². The second-order valence-corrected chi connectivity index (χ2v) is 12.0. The van der Waals surface area contributed by atoms with Crippen molar-refractivity contribution in [2.45, 2.75) is 0 Å². The van der Waals surface area contributed by atoms with Gasteiger partial charge in [-0.2, -0.15) is 0 Å². The second-order valence-electron chi connectivity index (χ2n) is 12.0. The number of rotatable bonds is 4. The Balaban J connectivity index is 1.21. The fraction of sp³-hybridized carbons (Fsp3) is 0. The molecule has 0 aliphatic carbocycles. The molecule has 0 atom stereocenters. The van der Waals surface area contributed by atoms with Gasteiger partial charge in [-0.25, -0.2) is 15.0 Å². The normalized spacial score (nSPS) is 11.8. The molecule has 224 valence electrons. The predicted octanol–water partition coefficient (Wildman–Crippen LogP) is 11.5. The molecule has 0 radical (unpaired) electrons. The Morgan fingerprint density at radius 1 is 0.333 bits per heavy atom. The van der Waals surface area contributed by atoms with Gasteiger partial charge in [0.05, 0.1) is 0 Å². The Hall–Kier alpha value is -6.59. The summed E-state index contributed by atoms with van der Waals surface area (Å²) in [6.45, 7) is 0. The highest BCUT2D eigenvalue weighted by molar-refractivity contribution is 6.13. The van der Waals surface area contributed by atoms with Crippen molar-refractivity contribution >= 4 is 54.6 Å². The molecule has 10 aromatic rings. The van der Waals surface area contributed by atoms with E-state index in [1.54, 1.807) is 0 Å². The molecule has 0 unspecified atom stereocenters. The van der Waals surface area contributed by atoms with Crippen LogP contribution in [0.5, 0.6) is 0 Å². The summed E-state index contributed by atoms with van der Waals surface area (Å²) in [6, 6.07) is 51.7. The van der Waals surface area contributed by atoms with Gasteiger partial charge in [-0.3, -0.25) is 0 Å². The maximum absolute atomic E-state index is 6.38.